The molecule has 1 aliphatic rings. The molecule has 0 aromatic heterocycles. The number of nitrogens with zero attached hydrogens (tertiary/aromatic N) is 1. The molecule has 0 spiro atoms. The second kappa shape index (κ2) is 6.71. The van der Waals surface area contributed by atoms with Crippen LogP contribution in [0.4, 0.5) is 0 Å². The molecule has 1 fully saturated rings. The van der Waals surface area contributed by atoms with Gasteiger partial charge in [0.05, 0.1) is 0 Å². The zero-order valence-corrected chi connectivity index (χ0v) is 11.9. The van der Waals surface area contributed by atoms with Crippen LogP contribution in [0, 0.1) is 5.92 Å². The summed E-state index contributed by atoms with van der Waals surface area (Å²) in [6.07, 6.45) is 1.97. The van der Waals surface area contributed by atoms with Gasteiger partial charge in [0.1, 0.15) is 0 Å². The molecule has 19 heavy (non-hydrogen) atoms. The highest BCUT2D eigenvalue weighted by molar-refractivity contribution is 5.78. The van der Waals surface area contributed by atoms with Crippen LogP contribution >= 0.6 is 0 Å². The number of nitrogens with one attached hydrogen (secondary N) is 1. The Balaban J connectivity index is 1.76. The average Bonchev–Trinajstić information content (AvgIpc) is 2.46. The zero-order valence-electron chi connectivity index (χ0n) is 11.9. The third-order valence-electron chi connectivity index (χ3n) is 3.94. The lowest BCUT2D eigenvalue weighted by atomic mass is 9.95. The fourth-order valence-corrected chi connectivity index (χ4v) is 2.61. The summed E-state index contributed by atoms with van der Waals surface area (Å²) in [4.78, 5) is 14.6. The Hall–Kier alpha value is -1.35. The predicted octanol–water partition coefficient (Wildman–Crippen LogP) is 2.42. The van der Waals surface area contributed by atoms with Crippen molar-refractivity contribution in [2.75, 3.05) is 13.1 Å². The third-order valence-corrected chi connectivity index (χ3v) is 3.94. The highest BCUT2D eigenvalue weighted by atomic mass is 16.1. The van der Waals surface area contributed by atoms with Crippen molar-refractivity contribution in [1.29, 1.82) is 0 Å². The van der Waals surface area contributed by atoms with Crippen LogP contribution in [-0.2, 0) is 11.3 Å². The van der Waals surface area contributed by atoms with Crippen molar-refractivity contribution in [2.45, 2.75) is 39.3 Å². The van der Waals surface area contributed by atoms with E-state index in [9.17, 15) is 4.79 Å². The van der Waals surface area contributed by atoms with Gasteiger partial charge < -0.3 is 10.2 Å². The van der Waals surface area contributed by atoms with Crippen molar-refractivity contribution in [3.63, 3.8) is 0 Å². The number of hydrogen-bond acceptors (Lipinski definition) is 2. The van der Waals surface area contributed by atoms with E-state index in [0.29, 0.717) is 12.6 Å². The van der Waals surface area contributed by atoms with Crippen molar-refractivity contribution >= 4 is 5.91 Å². The maximum atomic E-state index is 12.1. The van der Waals surface area contributed by atoms with Crippen LogP contribution in [0.1, 0.15) is 32.3 Å². The quantitative estimate of drug-likeness (QED) is 0.901. The summed E-state index contributed by atoms with van der Waals surface area (Å²) in [6, 6.07) is 10.7. The maximum Gasteiger partial charge on any atom is 0.223 e. The Kier molecular flexibility index (Phi) is 4.97. The Morgan fingerprint density at radius 1 is 1.26 bits per heavy atom. The van der Waals surface area contributed by atoms with Crippen LogP contribution in [0.2, 0.25) is 0 Å². The van der Waals surface area contributed by atoms with Crippen LogP contribution in [0.15, 0.2) is 30.3 Å². The Labute approximate surface area is 116 Å². The van der Waals surface area contributed by atoms with Gasteiger partial charge in [-0.05, 0) is 45.3 Å². The lowest BCUT2D eigenvalue weighted by Gasteiger charge is -2.33. The summed E-state index contributed by atoms with van der Waals surface area (Å²) in [5.74, 6) is 0.408. The summed E-state index contributed by atoms with van der Waals surface area (Å²) < 4.78 is 0. The number of piperidine rings is 1. The molecule has 104 valence electrons. The monoisotopic (exact) mass is 260 g/mol. The van der Waals surface area contributed by atoms with Crippen molar-refractivity contribution in [1.82, 2.24) is 10.2 Å². The van der Waals surface area contributed by atoms with Gasteiger partial charge in [0.15, 0.2) is 0 Å². The molecule has 0 aliphatic carbocycles. The number of likely N-dealkylation sites (tertiary alicyclic amines) is 1. The molecule has 3 heteroatoms. The second-order valence-corrected chi connectivity index (χ2v) is 5.61. The highest BCUT2D eigenvalue weighted by Gasteiger charge is 2.25. The number of hydrogen-bond donors (Lipinski definition) is 1. The minimum Gasteiger partial charge on any atom is -0.352 e. The first kappa shape index (κ1) is 14.1. The lowest BCUT2D eigenvalue weighted by molar-refractivity contribution is -0.126. The fourth-order valence-electron chi connectivity index (χ4n) is 2.61. The molecule has 1 heterocycles. The Morgan fingerprint density at radius 2 is 1.89 bits per heavy atom. The van der Waals surface area contributed by atoms with Gasteiger partial charge in [0.25, 0.3) is 0 Å². The summed E-state index contributed by atoms with van der Waals surface area (Å²) in [6.45, 7) is 7.16. The largest absolute Gasteiger partial charge is 0.352 e. The van der Waals surface area contributed by atoms with E-state index in [1.54, 1.807) is 0 Å². The van der Waals surface area contributed by atoms with Crippen molar-refractivity contribution in [2.24, 2.45) is 5.92 Å². The molecular weight excluding hydrogens is 236 g/mol. The van der Waals surface area contributed by atoms with Gasteiger partial charge in [-0.1, -0.05) is 30.3 Å². The molecule has 2 rings (SSSR count). The molecule has 0 saturated carbocycles. The van der Waals surface area contributed by atoms with E-state index in [1.807, 2.05) is 30.3 Å². The first-order valence-electron chi connectivity index (χ1n) is 7.22. The van der Waals surface area contributed by atoms with Crippen LogP contribution < -0.4 is 5.32 Å². The van der Waals surface area contributed by atoms with E-state index in [1.165, 1.54) is 0 Å². The summed E-state index contributed by atoms with van der Waals surface area (Å²) >= 11 is 0. The maximum absolute atomic E-state index is 12.1. The lowest BCUT2D eigenvalue weighted by Crippen LogP contribution is -2.42. The molecule has 1 saturated heterocycles. The number of rotatable bonds is 4. The molecule has 0 atom stereocenters. The molecular formula is C16H24N2O. The topological polar surface area (TPSA) is 32.3 Å². The van der Waals surface area contributed by atoms with Gasteiger partial charge in [-0.15, -0.1) is 0 Å². The first-order chi connectivity index (χ1) is 9.16. The van der Waals surface area contributed by atoms with Gasteiger partial charge in [0.2, 0.25) is 5.91 Å². The van der Waals surface area contributed by atoms with E-state index in [-0.39, 0.29) is 11.8 Å². The van der Waals surface area contributed by atoms with Gasteiger partial charge in [-0.3, -0.25) is 4.79 Å². The number of amides is 1. The van der Waals surface area contributed by atoms with E-state index < -0.39 is 0 Å². The average molecular weight is 260 g/mol. The van der Waals surface area contributed by atoms with Crippen molar-refractivity contribution in [3.8, 4) is 0 Å². The minimum atomic E-state index is 0.193. The van der Waals surface area contributed by atoms with E-state index in [2.05, 4.69) is 24.1 Å². The molecule has 0 radical (unpaired) electrons. The minimum absolute atomic E-state index is 0.193. The van der Waals surface area contributed by atoms with Gasteiger partial charge in [0, 0.05) is 18.5 Å². The van der Waals surface area contributed by atoms with Gasteiger partial charge >= 0.3 is 0 Å². The first-order valence-corrected chi connectivity index (χ1v) is 7.22. The molecule has 1 amide bonds. The standard InChI is InChI=1S/C16H24N2O/c1-13(2)18-10-8-15(9-11-18)16(19)17-12-14-6-4-3-5-7-14/h3-7,13,15H,8-12H2,1-2H3,(H,17,19). The summed E-state index contributed by atoms with van der Waals surface area (Å²) in [5, 5.41) is 3.06. The van der Waals surface area contributed by atoms with Crippen LogP contribution in [0.25, 0.3) is 0 Å². The van der Waals surface area contributed by atoms with Gasteiger partial charge in [-0.25, -0.2) is 0 Å². The molecule has 1 N–H and O–H groups in total. The summed E-state index contributed by atoms with van der Waals surface area (Å²) in [7, 11) is 0. The van der Waals surface area contributed by atoms with Crippen LogP contribution in [-0.4, -0.2) is 29.9 Å². The molecule has 0 bridgehead atoms. The highest BCUT2D eigenvalue weighted by Crippen LogP contribution is 2.19. The van der Waals surface area contributed by atoms with Gasteiger partial charge in [-0.2, -0.15) is 0 Å². The number of carbonyl (C=O) groups excluding carboxylic acids is 1. The Bertz CT molecular complexity index is 394. The second-order valence-electron chi connectivity index (χ2n) is 5.61. The van der Waals surface area contributed by atoms with E-state index in [0.717, 1.165) is 31.5 Å². The van der Waals surface area contributed by atoms with Crippen LogP contribution in [0.3, 0.4) is 0 Å². The van der Waals surface area contributed by atoms with Crippen molar-refractivity contribution in [3.05, 3.63) is 35.9 Å². The fraction of sp³-hybridized carbons (Fsp3) is 0.562. The SMILES string of the molecule is CC(C)N1CCC(C(=O)NCc2ccccc2)CC1. The normalized spacial score (nSPS) is 17.6. The van der Waals surface area contributed by atoms with Crippen LogP contribution in [0.5, 0.6) is 0 Å². The Morgan fingerprint density at radius 3 is 2.47 bits per heavy atom. The summed E-state index contributed by atoms with van der Waals surface area (Å²) in [5.41, 5.74) is 1.16. The molecule has 0 unspecified atom stereocenters. The molecule has 1 aromatic carbocycles. The molecule has 1 aromatic rings. The number of carbonyl (C=O) groups is 1. The van der Waals surface area contributed by atoms with E-state index >= 15 is 0 Å². The molecule has 3 nitrogen and oxygen atoms in total. The van der Waals surface area contributed by atoms with Crippen molar-refractivity contribution < 1.29 is 4.79 Å². The molecule has 1 aliphatic heterocycles. The zero-order chi connectivity index (χ0) is 13.7. The predicted molar refractivity (Wildman–Crippen MR) is 77.7 cm³/mol. The third kappa shape index (κ3) is 4.06. The smallest absolute Gasteiger partial charge is 0.223 e. The number of benzene rings is 1. The van der Waals surface area contributed by atoms with E-state index in [4.69, 9.17) is 0 Å².